The van der Waals surface area contributed by atoms with E-state index < -0.39 is 0 Å². The van der Waals surface area contributed by atoms with Gasteiger partial charge in [0.05, 0.1) is 24.8 Å². The zero-order valence-electron chi connectivity index (χ0n) is 18.4. The molecule has 0 aromatic carbocycles. The van der Waals surface area contributed by atoms with Crippen LogP contribution in [0.5, 0.6) is 0 Å². The Morgan fingerprint density at radius 3 is 2.81 bits per heavy atom. The number of morpholine rings is 1. The molecule has 8 heteroatoms. The van der Waals surface area contributed by atoms with E-state index in [4.69, 9.17) is 4.74 Å². The summed E-state index contributed by atoms with van der Waals surface area (Å²) in [5.41, 5.74) is 0.951. The topological polar surface area (TPSA) is 53.8 Å². The number of likely N-dealkylation sites (tertiary alicyclic amines) is 2. The van der Waals surface area contributed by atoms with Crippen LogP contribution in [0.3, 0.4) is 0 Å². The molecule has 7 nitrogen and oxygen atoms in total. The summed E-state index contributed by atoms with van der Waals surface area (Å²) in [6, 6.07) is 4.36. The van der Waals surface area contributed by atoms with Gasteiger partial charge in [-0.2, -0.15) is 5.10 Å². The third kappa shape index (κ3) is 4.44. The summed E-state index contributed by atoms with van der Waals surface area (Å²) in [5, 5.41) is 6.50. The fraction of sp³-hybridized carbons (Fsp3) is 0.652. The fourth-order valence-electron chi connectivity index (χ4n) is 5.75. The first-order valence-electron chi connectivity index (χ1n) is 11.4. The lowest BCUT2D eigenvalue weighted by molar-refractivity contribution is -0.148. The number of carbonyl (C=O) groups excluding carboxylic acids is 1. The van der Waals surface area contributed by atoms with Gasteiger partial charge in [0.25, 0.3) is 0 Å². The first kappa shape index (κ1) is 21.1. The molecule has 3 aliphatic heterocycles. The molecule has 0 N–H and O–H groups in total. The predicted molar refractivity (Wildman–Crippen MR) is 121 cm³/mol. The highest BCUT2D eigenvalue weighted by atomic mass is 32.1. The summed E-state index contributed by atoms with van der Waals surface area (Å²) < 4.78 is 7.39. The van der Waals surface area contributed by atoms with Crippen LogP contribution in [-0.2, 0) is 29.7 Å². The number of hydrogen-bond donors (Lipinski definition) is 0. The second-order valence-electron chi connectivity index (χ2n) is 9.37. The van der Waals surface area contributed by atoms with Crippen LogP contribution < -0.4 is 0 Å². The van der Waals surface area contributed by atoms with Crippen LogP contribution >= 0.6 is 11.3 Å². The second kappa shape index (κ2) is 9.02. The summed E-state index contributed by atoms with van der Waals surface area (Å²) in [6.45, 7) is 8.57. The van der Waals surface area contributed by atoms with Crippen LogP contribution in [0, 0.1) is 11.3 Å². The van der Waals surface area contributed by atoms with Crippen molar-refractivity contribution in [3.8, 4) is 0 Å². The van der Waals surface area contributed by atoms with Crippen molar-refractivity contribution in [2.24, 2.45) is 18.4 Å². The largest absolute Gasteiger partial charge is 0.378 e. The van der Waals surface area contributed by atoms with Gasteiger partial charge in [-0.15, -0.1) is 11.3 Å². The van der Waals surface area contributed by atoms with E-state index >= 15 is 0 Å². The van der Waals surface area contributed by atoms with E-state index in [2.05, 4.69) is 43.5 Å². The summed E-state index contributed by atoms with van der Waals surface area (Å²) in [7, 11) is 1.96. The minimum absolute atomic E-state index is 0.274. The van der Waals surface area contributed by atoms with Gasteiger partial charge in [-0.1, -0.05) is 6.07 Å². The average molecular weight is 444 g/mol. The Morgan fingerprint density at radius 2 is 2.06 bits per heavy atom. The Bertz CT molecular complexity index is 878. The second-order valence-corrected chi connectivity index (χ2v) is 10.4. The monoisotopic (exact) mass is 443 g/mol. The quantitative estimate of drug-likeness (QED) is 0.708. The molecular weight excluding hydrogens is 410 g/mol. The Hall–Kier alpha value is -1.74. The molecule has 168 valence electrons. The van der Waals surface area contributed by atoms with Crippen LogP contribution in [0.2, 0.25) is 0 Å². The highest BCUT2D eigenvalue weighted by Gasteiger charge is 2.54. The van der Waals surface area contributed by atoms with Gasteiger partial charge < -0.3 is 9.64 Å². The minimum atomic E-state index is -0.274. The molecule has 3 saturated heterocycles. The highest BCUT2D eigenvalue weighted by molar-refractivity contribution is 7.09. The molecule has 3 fully saturated rings. The maximum Gasteiger partial charge on any atom is 0.230 e. The van der Waals surface area contributed by atoms with Gasteiger partial charge in [0.2, 0.25) is 5.91 Å². The van der Waals surface area contributed by atoms with Crippen molar-refractivity contribution < 1.29 is 9.53 Å². The van der Waals surface area contributed by atoms with Crippen molar-refractivity contribution in [3.63, 3.8) is 0 Å². The van der Waals surface area contributed by atoms with Crippen molar-refractivity contribution >= 4 is 17.2 Å². The smallest absolute Gasteiger partial charge is 0.230 e. The van der Waals surface area contributed by atoms with E-state index in [1.54, 1.807) is 0 Å². The van der Waals surface area contributed by atoms with Crippen molar-refractivity contribution in [1.82, 2.24) is 24.5 Å². The number of rotatable bonds is 5. The Balaban J connectivity index is 1.37. The number of nitrogens with zero attached hydrogens (tertiary/aromatic N) is 5. The summed E-state index contributed by atoms with van der Waals surface area (Å²) in [4.78, 5) is 22.5. The van der Waals surface area contributed by atoms with Gasteiger partial charge in [0, 0.05) is 69.5 Å². The van der Waals surface area contributed by atoms with Crippen molar-refractivity contribution in [3.05, 3.63) is 40.3 Å². The van der Waals surface area contributed by atoms with Crippen molar-refractivity contribution in [2.75, 3.05) is 52.5 Å². The number of amides is 1. The lowest BCUT2D eigenvalue weighted by Crippen LogP contribution is -2.52. The molecule has 5 rings (SSSR count). The first-order chi connectivity index (χ1) is 15.1. The maximum atomic E-state index is 13.9. The van der Waals surface area contributed by atoms with Crippen molar-refractivity contribution in [2.45, 2.75) is 25.9 Å². The molecule has 0 spiro atoms. The lowest BCUT2D eigenvalue weighted by Gasteiger charge is -2.39. The number of thiophene rings is 1. The molecule has 3 aliphatic rings. The fourth-order valence-corrected chi connectivity index (χ4v) is 6.49. The highest BCUT2D eigenvalue weighted by Crippen LogP contribution is 2.45. The molecule has 0 saturated carbocycles. The molecule has 2 aromatic heterocycles. The van der Waals surface area contributed by atoms with E-state index in [9.17, 15) is 4.79 Å². The number of aryl methyl sites for hydroxylation is 1. The molecule has 1 amide bonds. The molecule has 0 radical (unpaired) electrons. The number of fused-ring (bicyclic) bond motifs is 1. The normalized spacial score (nSPS) is 27.9. The first-order valence-corrected chi connectivity index (χ1v) is 12.3. The Morgan fingerprint density at radius 1 is 1.23 bits per heavy atom. The number of aromatic nitrogens is 2. The van der Waals surface area contributed by atoms with Crippen LogP contribution in [0.25, 0.3) is 0 Å². The van der Waals surface area contributed by atoms with Crippen LogP contribution in [0.15, 0.2) is 29.9 Å². The number of carbonyl (C=O) groups is 1. The van der Waals surface area contributed by atoms with Crippen molar-refractivity contribution in [1.29, 1.82) is 0 Å². The van der Waals surface area contributed by atoms with Crippen LogP contribution in [0.4, 0.5) is 0 Å². The van der Waals surface area contributed by atoms with E-state index in [0.29, 0.717) is 25.0 Å². The Kier molecular flexibility index (Phi) is 6.14. The molecule has 0 unspecified atom stereocenters. The lowest BCUT2D eigenvalue weighted by atomic mass is 9.73. The third-order valence-electron chi connectivity index (χ3n) is 7.19. The van der Waals surface area contributed by atoms with E-state index in [0.717, 1.165) is 65.2 Å². The van der Waals surface area contributed by atoms with Gasteiger partial charge in [-0.05, 0) is 36.8 Å². The molecule has 2 atom stereocenters. The molecule has 0 aliphatic carbocycles. The van der Waals surface area contributed by atoms with Gasteiger partial charge in [0.1, 0.15) is 0 Å². The van der Waals surface area contributed by atoms with E-state index in [-0.39, 0.29) is 5.41 Å². The van der Waals surface area contributed by atoms with E-state index in [1.165, 1.54) is 10.4 Å². The SMILES string of the molecule is Cn1cc(CN2C[C@@H]3CN(Cc4cccs4)CCC[C@]3(C(=O)N3CCOCC3)C2)cn1. The third-order valence-corrected chi connectivity index (χ3v) is 8.05. The summed E-state index contributed by atoms with van der Waals surface area (Å²) in [5.74, 6) is 0.731. The molecular formula is C23H33N5O2S. The van der Waals surface area contributed by atoms with Crippen LogP contribution in [-0.4, -0.2) is 82.9 Å². The number of hydrogen-bond acceptors (Lipinski definition) is 6. The Labute approximate surface area is 188 Å². The summed E-state index contributed by atoms with van der Waals surface area (Å²) in [6.07, 6.45) is 6.11. The molecule has 5 heterocycles. The molecule has 31 heavy (non-hydrogen) atoms. The molecule has 0 bridgehead atoms. The number of ether oxygens (including phenoxy) is 1. The van der Waals surface area contributed by atoms with Gasteiger partial charge in [-0.3, -0.25) is 19.3 Å². The minimum Gasteiger partial charge on any atom is -0.378 e. The van der Waals surface area contributed by atoms with Gasteiger partial charge >= 0.3 is 0 Å². The average Bonchev–Trinajstić information content (AvgIpc) is 3.48. The zero-order valence-corrected chi connectivity index (χ0v) is 19.2. The molecule has 2 aromatic rings. The van der Waals surface area contributed by atoms with E-state index in [1.807, 2.05) is 29.3 Å². The van der Waals surface area contributed by atoms with Gasteiger partial charge in [-0.25, -0.2) is 0 Å². The van der Waals surface area contributed by atoms with Crippen LogP contribution in [0.1, 0.15) is 23.3 Å². The maximum absolute atomic E-state index is 13.9. The summed E-state index contributed by atoms with van der Waals surface area (Å²) >= 11 is 1.83. The van der Waals surface area contributed by atoms with Gasteiger partial charge in [0.15, 0.2) is 0 Å². The zero-order chi connectivity index (χ0) is 21.3. The predicted octanol–water partition coefficient (Wildman–Crippen LogP) is 2.05. The standard InChI is InChI=1S/C23H33N5O2S/c1-25-13-19(12-24-25)14-27-16-20-15-26(17-21-4-2-11-31-21)6-3-5-23(20,18-27)22(29)28-7-9-30-10-8-28/h2,4,11-13,20H,3,5-10,14-18H2,1H3/t20-,23-/m0/s1.